The highest BCUT2D eigenvalue weighted by Crippen LogP contribution is 2.35. The first-order valence-electron chi connectivity index (χ1n) is 7.70. The fraction of sp³-hybridized carbons (Fsp3) is 1.00. The lowest BCUT2D eigenvalue weighted by Gasteiger charge is -2.39. The lowest BCUT2D eigenvalue weighted by atomic mass is 9.87. The summed E-state index contributed by atoms with van der Waals surface area (Å²) >= 11 is 0. The number of aliphatic hydroxyl groups excluding tert-OH is 1. The van der Waals surface area contributed by atoms with E-state index in [9.17, 15) is 5.11 Å². The van der Waals surface area contributed by atoms with Crippen LogP contribution in [0.1, 0.15) is 46.5 Å². The topological polar surface area (TPSA) is 35.5 Å². The normalized spacial score (nSPS) is 42.3. The highest BCUT2D eigenvalue weighted by Gasteiger charge is 2.41. The van der Waals surface area contributed by atoms with Crippen LogP contribution in [0.15, 0.2) is 0 Å². The number of likely N-dealkylation sites (N-methyl/N-ethyl adjacent to an activating group) is 1. The van der Waals surface area contributed by atoms with Crippen molar-refractivity contribution in [3.8, 4) is 0 Å². The predicted octanol–water partition coefficient (Wildman–Crippen LogP) is 1.86. The van der Waals surface area contributed by atoms with E-state index in [4.69, 9.17) is 0 Å². The molecule has 3 heteroatoms. The van der Waals surface area contributed by atoms with Gasteiger partial charge in [0.2, 0.25) is 0 Å². The van der Waals surface area contributed by atoms with E-state index in [0.717, 1.165) is 31.2 Å². The maximum atomic E-state index is 9.68. The first-order chi connectivity index (χ1) is 8.60. The SMILES string of the molecule is CCNC1(CO)CCC(N2CCC(C)C(C)C2)C1. The van der Waals surface area contributed by atoms with Gasteiger partial charge in [0, 0.05) is 18.1 Å². The first kappa shape index (κ1) is 14.3. The Bertz CT molecular complexity index is 271. The molecule has 3 nitrogen and oxygen atoms in total. The van der Waals surface area contributed by atoms with E-state index >= 15 is 0 Å². The van der Waals surface area contributed by atoms with Crippen molar-refractivity contribution in [2.24, 2.45) is 11.8 Å². The number of aliphatic hydroxyl groups is 1. The molecule has 0 aromatic carbocycles. The lowest BCUT2D eigenvalue weighted by molar-refractivity contribution is 0.0871. The minimum absolute atomic E-state index is 0.00567. The van der Waals surface area contributed by atoms with Gasteiger partial charge >= 0.3 is 0 Å². The number of hydrogen-bond donors (Lipinski definition) is 2. The molecule has 4 atom stereocenters. The predicted molar refractivity (Wildman–Crippen MR) is 75.7 cm³/mol. The molecule has 2 N–H and O–H groups in total. The number of nitrogens with one attached hydrogen (secondary N) is 1. The number of hydrogen-bond acceptors (Lipinski definition) is 3. The monoisotopic (exact) mass is 254 g/mol. The Morgan fingerprint density at radius 1 is 1.28 bits per heavy atom. The fourth-order valence-corrected chi connectivity index (χ4v) is 3.77. The summed E-state index contributed by atoms with van der Waals surface area (Å²) in [6, 6.07) is 0.686. The van der Waals surface area contributed by atoms with Crippen molar-refractivity contribution in [2.45, 2.75) is 58.0 Å². The minimum atomic E-state index is 0.00567. The van der Waals surface area contributed by atoms with Gasteiger partial charge in [-0.25, -0.2) is 0 Å². The molecule has 0 bridgehead atoms. The Hall–Kier alpha value is -0.120. The van der Waals surface area contributed by atoms with Gasteiger partial charge in [0.25, 0.3) is 0 Å². The molecular formula is C15H30N2O. The Morgan fingerprint density at radius 2 is 2.06 bits per heavy atom. The molecule has 0 aromatic rings. The van der Waals surface area contributed by atoms with E-state index in [2.05, 4.69) is 31.0 Å². The Morgan fingerprint density at radius 3 is 2.67 bits per heavy atom. The van der Waals surface area contributed by atoms with E-state index in [1.54, 1.807) is 0 Å². The summed E-state index contributed by atoms with van der Waals surface area (Å²) in [6.45, 7) is 10.7. The summed E-state index contributed by atoms with van der Waals surface area (Å²) in [4.78, 5) is 2.68. The van der Waals surface area contributed by atoms with Gasteiger partial charge in [-0.3, -0.25) is 0 Å². The summed E-state index contributed by atoms with van der Waals surface area (Å²) in [5.41, 5.74) is 0.00567. The van der Waals surface area contributed by atoms with Crippen LogP contribution in [0.2, 0.25) is 0 Å². The molecule has 1 saturated heterocycles. The Balaban J connectivity index is 1.92. The van der Waals surface area contributed by atoms with Gasteiger partial charge in [0.1, 0.15) is 0 Å². The van der Waals surface area contributed by atoms with Crippen LogP contribution in [0.5, 0.6) is 0 Å². The molecule has 0 radical (unpaired) electrons. The van der Waals surface area contributed by atoms with Crippen molar-refractivity contribution in [3.63, 3.8) is 0 Å². The zero-order valence-electron chi connectivity index (χ0n) is 12.3. The Kier molecular flexibility index (Phi) is 4.68. The molecular weight excluding hydrogens is 224 g/mol. The van der Waals surface area contributed by atoms with Crippen LogP contribution in [-0.2, 0) is 0 Å². The van der Waals surface area contributed by atoms with E-state index in [0.29, 0.717) is 6.04 Å². The van der Waals surface area contributed by atoms with E-state index in [1.807, 2.05) is 0 Å². The van der Waals surface area contributed by atoms with Crippen LogP contribution >= 0.6 is 0 Å². The zero-order chi connectivity index (χ0) is 13.2. The van der Waals surface area contributed by atoms with Crippen molar-refractivity contribution in [3.05, 3.63) is 0 Å². The van der Waals surface area contributed by atoms with Gasteiger partial charge in [0.05, 0.1) is 6.61 Å². The average molecular weight is 254 g/mol. The van der Waals surface area contributed by atoms with E-state index in [1.165, 1.54) is 25.9 Å². The zero-order valence-corrected chi connectivity index (χ0v) is 12.3. The average Bonchev–Trinajstić information content (AvgIpc) is 2.78. The first-order valence-corrected chi connectivity index (χ1v) is 7.70. The molecule has 4 unspecified atom stereocenters. The molecule has 0 amide bonds. The standard InChI is InChI=1S/C15H30N2O/c1-4-16-15(11-18)7-5-14(9-15)17-8-6-12(2)13(3)10-17/h12-14,16,18H,4-11H2,1-3H3. The summed E-state index contributed by atoms with van der Waals surface area (Å²) < 4.78 is 0. The quantitative estimate of drug-likeness (QED) is 0.804. The molecule has 2 aliphatic rings. The molecule has 1 heterocycles. The summed E-state index contributed by atoms with van der Waals surface area (Å²) in [5, 5.41) is 13.2. The number of nitrogens with zero attached hydrogens (tertiary/aromatic N) is 1. The Labute approximate surface area is 112 Å². The molecule has 2 fully saturated rings. The smallest absolute Gasteiger partial charge is 0.0613 e. The van der Waals surface area contributed by atoms with Crippen molar-refractivity contribution >= 4 is 0 Å². The molecule has 18 heavy (non-hydrogen) atoms. The molecule has 106 valence electrons. The number of piperidine rings is 1. The van der Waals surface area contributed by atoms with Crippen LogP contribution in [0, 0.1) is 11.8 Å². The lowest BCUT2D eigenvalue weighted by Crippen LogP contribution is -2.49. The molecule has 1 aliphatic carbocycles. The highest BCUT2D eigenvalue weighted by atomic mass is 16.3. The number of rotatable bonds is 4. The van der Waals surface area contributed by atoms with Gasteiger partial charge in [0.15, 0.2) is 0 Å². The van der Waals surface area contributed by atoms with Crippen LogP contribution < -0.4 is 5.32 Å². The van der Waals surface area contributed by atoms with Gasteiger partial charge in [-0.1, -0.05) is 20.8 Å². The maximum absolute atomic E-state index is 9.68. The molecule has 1 saturated carbocycles. The summed E-state index contributed by atoms with van der Waals surface area (Å²) in [7, 11) is 0. The second kappa shape index (κ2) is 5.89. The molecule has 1 aliphatic heterocycles. The molecule has 0 aromatic heterocycles. The van der Waals surface area contributed by atoms with Crippen LogP contribution in [0.3, 0.4) is 0 Å². The van der Waals surface area contributed by atoms with Crippen molar-refractivity contribution < 1.29 is 5.11 Å². The van der Waals surface area contributed by atoms with Crippen molar-refractivity contribution in [1.82, 2.24) is 10.2 Å². The van der Waals surface area contributed by atoms with Crippen molar-refractivity contribution in [1.29, 1.82) is 0 Å². The van der Waals surface area contributed by atoms with Gasteiger partial charge in [-0.15, -0.1) is 0 Å². The minimum Gasteiger partial charge on any atom is -0.394 e. The van der Waals surface area contributed by atoms with Crippen LogP contribution in [0.25, 0.3) is 0 Å². The second-order valence-corrected chi connectivity index (χ2v) is 6.60. The third-order valence-corrected chi connectivity index (χ3v) is 5.32. The number of likely N-dealkylation sites (tertiary alicyclic amines) is 1. The van der Waals surface area contributed by atoms with E-state index in [-0.39, 0.29) is 12.1 Å². The summed E-state index contributed by atoms with van der Waals surface area (Å²) in [5.74, 6) is 1.70. The van der Waals surface area contributed by atoms with Crippen molar-refractivity contribution in [2.75, 3.05) is 26.2 Å². The summed E-state index contributed by atoms with van der Waals surface area (Å²) in [6.07, 6.45) is 4.83. The van der Waals surface area contributed by atoms with Crippen LogP contribution in [0.4, 0.5) is 0 Å². The third-order valence-electron chi connectivity index (χ3n) is 5.32. The second-order valence-electron chi connectivity index (χ2n) is 6.60. The highest BCUT2D eigenvalue weighted by molar-refractivity contribution is 5.00. The molecule has 0 spiro atoms. The van der Waals surface area contributed by atoms with Gasteiger partial charge < -0.3 is 15.3 Å². The van der Waals surface area contributed by atoms with E-state index < -0.39 is 0 Å². The maximum Gasteiger partial charge on any atom is 0.0613 e. The van der Waals surface area contributed by atoms with Gasteiger partial charge in [-0.05, 0) is 50.6 Å². The van der Waals surface area contributed by atoms with Crippen LogP contribution in [-0.4, -0.2) is 47.8 Å². The largest absolute Gasteiger partial charge is 0.394 e. The molecule has 2 rings (SSSR count). The fourth-order valence-electron chi connectivity index (χ4n) is 3.77. The third kappa shape index (κ3) is 2.89. The van der Waals surface area contributed by atoms with Gasteiger partial charge in [-0.2, -0.15) is 0 Å².